The quantitative estimate of drug-likeness (QED) is 0.650. The first-order chi connectivity index (χ1) is 8.22. The van der Waals surface area contributed by atoms with Crippen LogP contribution >= 0.6 is 0 Å². The number of carboxylic acid groups (broad SMARTS) is 1. The molecule has 0 heterocycles. The van der Waals surface area contributed by atoms with E-state index in [9.17, 15) is 4.79 Å². The largest absolute Gasteiger partial charge is 0.478 e. The van der Waals surface area contributed by atoms with E-state index >= 15 is 0 Å². The van der Waals surface area contributed by atoms with Crippen LogP contribution in [0.4, 0.5) is 0 Å². The molecule has 0 amide bonds. The lowest BCUT2D eigenvalue weighted by atomic mass is 10.1. The Hall–Kier alpha value is -2.07. The Kier molecular flexibility index (Phi) is 3.25. The van der Waals surface area contributed by atoms with Crippen LogP contribution in [0.15, 0.2) is 36.4 Å². The van der Waals surface area contributed by atoms with Gasteiger partial charge in [0.25, 0.3) is 0 Å². The summed E-state index contributed by atoms with van der Waals surface area (Å²) in [4.78, 5) is 20.9. The van der Waals surface area contributed by atoms with Gasteiger partial charge in [0, 0.05) is 0 Å². The van der Waals surface area contributed by atoms with Crippen molar-refractivity contribution in [3.8, 4) is 5.75 Å². The second kappa shape index (κ2) is 4.84. The number of carbonyl (C=O) groups is 1. The molecule has 0 aliphatic carbocycles. The van der Waals surface area contributed by atoms with E-state index in [4.69, 9.17) is 14.9 Å². The third-order valence-electron chi connectivity index (χ3n) is 2.34. The van der Waals surface area contributed by atoms with Gasteiger partial charge in [0.05, 0.1) is 6.61 Å². The topological polar surface area (TPSA) is 55.8 Å². The predicted octanol–water partition coefficient (Wildman–Crippen LogP) is 2.87. The number of carboxylic acids is 1. The fraction of sp³-hybridized carbons (Fsp3) is 0.154. The molecule has 0 bridgehead atoms. The zero-order chi connectivity index (χ0) is 12.3. The van der Waals surface area contributed by atoms with Crippen LogP contribution in [0.5, 0.6) is 5.75 Å². The summed E-state index contributed by atoms with van der Waals surface area (Å²) in [6, 6.07) is 10.7. The summed E-state index contributed by atoms with van der Waals surface area (Å²) in [6.45, 7) is 2.12. The van der Waals surface area contributed by atoms with Crippen LogP contribution in [0.1, 0.15) is 17.3 Å². The van der Waals surface area contributed by atoms with Crippen molar-refractivity contribution in [2.45, 2.75) is 6.92 Å². The molecule has 0 aromatic heterocycles. The SMILES string of the molecule is CCOOc1cc2ccccc2cc1C(=O)O. The van der Waals surface area contributed by atoms with E-state index in [1.807, 2.05) is 24.3 Å². The van der Waals surface area contributed by atoms with Gasteiger partial charge in [-0.1, -0.05) is 24.3 Å². The average molecular weight is 232 g/mol. The summed E-state index contributed by atoms with van der Waals surface area (Å²) in [7, 11) is 0. The highest BCUT2D eigenvalue weighted by molar-refractivity contribution is 5.97. The predicted molar refractivity (Wildman–Crippen MR) is 63.2 cm³/mol. The molecule has 0 aliphatic rings. The van der Waals surface area contributed by atoms with Gasteiger partial charge in [0.15, 0.2) is 5.75 Å². The number of benzene rings is 2. The molecule has 2 rings (SSSR count). The van der Waals surface area contributed by atoms with Gasteiger partial charge in [-0.25, -0.2) is 4.79 Å². The van der Waals surface area contributed by atoms with Crippen LogP contribution in [-0.2, 0) is 4.89 Å². The van der Waals surface area contributed by atoms with Gasteiger partial charge in [0.2, 0.25) is 0 Å². The van der Waals surface area contributed by atoms with Gasteiger partial charge in [-0.05, 0) is 29.8 Å². The molecule has 4 nitrogen and oxygen atoms in total. The monoisotopic (exact) mass is 232 g/mol. The Labute approximate surface area is 98.3 Å². The molecule has 0 atom stereocenters. The summed E-state index contributed by atoms with van der Waals surface area (Å²) in [5.74, 6) is -0.816. The molecule has 0 radical (unpaired) electrons. The van der Waals surface area contributed by atoms with Crippen LogP contribution in [-0.4, -0.2) is 17.7 Å². The highest BCUT2D eigenvalue weighted by Crippen LogP contribution is 2.26. The maximum Gasteiger partial charge on any atom is 0.339 e. The minimum absolute atomic E-state index is 0.0946. The molecule has 88 valence electrons. The minimum Gasteiger partial charge on any atom is -0.478 e. The highest BCUT2D eigenvalue weighted by atomic mass is 17.2. The third-order valence-corrected chi connectivity index (χ3v) is 2.34. The summed E-state index contributed by atoms with van der Waals surface area (Å²) in [5.41, 5.74) is 0.0946. The van der Waals surface area contributed by atoms with Crippen LogP contribution in [0, 0.1) is 0 Å². The summed E-state index contributed by atoms with van der Waals surface area (Å²) >= 11 is 0. The van der Waals surface area contributed by atoms with Gasteiger partial charge in [-0.15, -0.1) is 0 Å². The van der Waals surface area contributed by atoms with Crippen LogP contribution < -0.4 is 4.89 Å². The number of rotatable bonds is 4. The van der Waals surface area contributed by atoms with Crippen molar-refractivity contribution in [1.29, 1.82) is 0 Å². The first kappa shape index (κ1) is 11.4. The van der Waals surface area contributed by atoms with Crippen LogP contribution in [0.25, 0.3) is 10.8 Å². The van der Waals surface area contributed by atoms with E-state index in [2.05, 4.69) is 0 Å². The Balaban J connectivity index is 2.54. The molecule has 0 fully saturated rings. The van der Waals surface area contributed by atoms with Crippen molar-refractivity contribution < 1.29 is 19.7 Å². The summed E-state index contributed by atoms with van der Waals surface area (Å²) in [6.07, 6.45) is 0. The fourth-order valence-electron chi connectivity index (χ4n) is 1.58. The summed E-state index contributed by atoms with van der Waals surface area (Å²) < 4.78 is 0. The molecule has 0 unspecified atom stereocenters. The average Bonchev–Trinajstić information content (AvgIpc) is 2.35. The second-order valence-electron chi connectivity index (χ2n) is 3.49. The molecular weight excluding hydrogens is 220 g/mol. The van der Waals surface area contributed by atoms with Crippen molar-refractivity contribution in [2.24, 2.45) is 0 Å². The van der Waals surface area contributed by atoms with E-state index in [-0.39, 0.29) is 11.3 Å². The lowest BCUT2D eigenvalue weighted by Crippen LogP contribution is -2.04. The lowest BCUT2D eigenvalue weighted by Gasteiger charge is -2.08. The van der Waals surface area contributed by atoms with Gasteiger partial charge < -0.3 is 9.99 Å². The molecule has 0 spiro atoms. The zero-order valence-electron chi connectivity index (χ0n) is 9.34. The molecule has 17 heavy (non-hydrogen) atoms. The minimum atomic E-state index is -1.04. The number of hydrogen-bond donors (Lipinski definition) is 1. The Morgan fingerprint density at radius 3 is 2.47 bits per heavy atom. The van der Waals surface area contributed by atoms with Gasteiger partial charge >= 0.3 is 5.97 Å². The number of hydrogen-bond acceptors (Lipinski definition) is 3. The maximum atomic E-state index is 11.1. The standard InChI is InChI=1S/C13H12O4/c1-2-16-17-12-8-10-6-4-3-5-9(10)7-11(12)13(14)15/h3-8H,2H2,1H3,(H,14,15). The number of aromatic carboxylic acids is 1. The van der Waals surface area contributed by atoms with E-state index in [0.29, 0.717) is 6.61 Å². The molecule has 4 heteroatoms. The first-order valence-electron chi connectivity index (χ1n) is 5.28. The lowest BCUT2D eigenvalue weighted by molar-refractivity contribution is -0.202. The van der Waals surface area contributed by atoms with E-state index in [0.717, 1.165) is 10.8 Å². The Morgan fingerprint density at radius 1 is 1.24 bits per heavy atom. The Bertz CT molecular complexity index is 548. The van der Waals surface area contributed by atoms with Gasteiger partial charge in [-0.3, -0.25) is 0 Å². The molecule has 2 aromatic carbocycles. The van der Waals surface area contributed by atoms with E-state index in [1.165, 1.54) is 0 Å². The van der Waals surface area contributed by atoms with E-state index < -0.39 is 5.97 Å². The third kappa shape index (κ3) is 2.37. The van der Waals surface area contributed by atoms with Gasteiger partial charge in [0.1, 0.15) is 5.56 Å². The first-order valence-corrected chi connectivity index (χ1v) is 5.28. The van der Waals surface area contributed by atoms with Crippen molar-refractivity contribution >= 4 is 16.7 Å². The normalized spacial score (nSPS) is 10.4. The van der Waals surface area contributed by atoms with Crippen molar-refractivity contribution in [2.75, 3.05) is 6.61 Å². The fourth-order valence-corrected chi connectivity index (χ4v) is 1.58. The summed E-state index contributed by atoms with van der Waals surface area (Å²) in [5, 5.41) is 10.9. The zero-order valence-corrected chi connectivity index (χ0v) is 9.34. The smallest absolute Gasteiger partial charge is 0.339 e. The number of fused-ring (bicyclic) bond motifs is 1. The highest BCUT2D eigenvalue weighted by Gasteiger charge is 2.13. The molecule has 0 saturated heterocycles. The molecule has 0 saturated carbocycles. The molecular formula is C13H12O4. The molecule has 0 aliphatic heterocycles. The van der Waals surface area contributed by atoms with E-state index in [1.54, 1.807) is 19.1 Å². The van der Waals surface area contributed by atoms with Crippen LogP contribution in [0.2, 0.25) is 0 Å². The maximum absolute atomic E-state index is 11.1. The van der Waals surface area contributed by atoms with Crippen molar-refractivity contribution in [1.82, 2.24) is 0 Å². The molecule has 1 N–H and O–H groups in total. The van der Waals surface area contributed by atoms with Gasteiger partial charge in [-0.2, -0.15) is 4.89 Å². The second-order valence-corrected chi connectivity index (χ2v) is 3.49. The molecule has 2 aromatic rings. The Morgan fingerprint density at radius 2 is 1.88 bits per heavy atom. The van der Waals surface area contributed by atoms with Crippen LogP contribution in [0.3, 0.4) is 0 Å². The van der Waals surface area contributed by atoms with Crippen molar-refractivity contribution in [3.05, 3.63) is 42.0 Å². The van der Waals surface area contributed by atoms with Crippen molar-refractivity contribution in [3.63, 3.8) is 0 Å².